The lowest BCUT2D eigenvalue weighted by atomic mass is 9.83. The first-order chi connectivity index (χ1) is 8.26. The number of hydrogen-bond acceptors (Lipinski definition) is 3. The molecule has 1 saturated carbocycles. The van der Waals surface area contributed by atoms with Crippen LogP contribution in [0.3, 0.4) is 0 Å². The van der Waals surface area contributed by atoms with Gasteiger partial charge in [-0.15, -0.1) is 5.53 Å². The van der Waals surface area contributed by atoms with Gasteiger partial charge in [-0.2, -0.15) is 0 Å². The van der Waals surface area contributed by atoms with E-state index in [1.54, 1.807) is 0 Å². The fraction of sp³-hybridized carbons (Fsp3) is 0.769. The molecule has 1 aliphatic carbocycles. The predicted octanol–water partition coefficient (Wildman–Crippen LogP) is 2.86. The first-order valence-electron chi connectivity index (χ1n) is 6.82. The Morgan fingerprint density at radius 1 is 1.24 bits per heavy atom. The minimum atomic E-state index is 0.682. The fourth-order valence-electron chi connectivity index (χ4n) is 2.68. The Hall–Kier alpha value is -0.610. The lowest BCUT2D eigenvalue weighted by Crippen LogP contribution is -2.54. The maximum Gasteiger partial charge on any atom is 0.122 e. The lowest BCUT2D eigenvalue weighted by molar-refractivity contribution is 0.121. The first kappa shape index (κ1) is 12.8. The molecule has 0 unspecified atom stereocenters. The summed E-state index contributed by atoms with van der Waals surface area (Å²) in [7, 11) is 0. The smallest absolute Gasteiger partial charge is 0.122 e. The summed E-state index contributed by atoms with van der Waals surface area (Å²) in [5, 5.41) is 4.23. The van der Waals surface area contributed by atoms with Crippen molar-refractivity contribution in [3.05, 3.63) is 11.8 Å². The van der Waals surface area contributed by atoms with E-state index in [0.29, 0.717) is 5.92 Å². The Kier molecular flexibility index (Phi) is 4.40. The van der Waals surface area contributed by atoms with Crippen LogP contribution in [0, 0.1) is 5.92 Å². The number of likely N-dealkylation sites (N-methyl/N-ethyl adjacent to an activating group) is 1. The van der Waals surface area contributed by atoms with Crippen molar-refractivity contribution in [2.75, 3.05) is 13.1 Å². The van der Waals surface area contributed by atoms with Crippen molar-refractivity contribution in [2.45, 2.75) is 46.0 Å². The summed E-state index contributed by atoms with van der Waals surface area (Å²) in [5.74, 6) is 0.682. The molecule has 0 amide bonds. The van der Waals surface area contributed by atoms with Crippen molar-refractivity contribution >= 4 is 17.2 Å². The zero-order valence-electron chi connectivity index (χ0n) is 10.9. The van der Waals surface area contributed by atoms with E-state index in [9.17, 15) is 0 Å². The highest BCUT2D eigenvalue weighted by molar-refractivity contribution is 7.80. The molecule has 1 N–H and O–H groups in total. The normalized spacial score (nSPS) is 22.9. The van der Waals surface area contributed by atoms with Crippen LogP contribution in [0.5, 0.6) is 0 Å². The number of nitrogens with zero attached hydrogens (tertiary/aromatic N) is 2. The SMILES string of the molecule is CCN1C=C(C2CCCCC2)C(=S)N(CC)N1. The number of hydrazine groups is 2. The predicted molar refractivity (Wildman–Crippen MR) is 75.2 cm³/mol. The van der Waals surface area contributed by atoms with Gasteiger partial charge in [0.1, 0.15) is 4.99 Å². The van der Waals surface area contributed by atoms with Crippen LogP contribution < -0.4 is 5.53 Å². The van der Waals surface area contributed by atoms with E-state index in [2.05, 4.69) is 35.6 Å². The average molecular weight is 253 g/mol. The van der Waals surface area contributed by atoms with Gasteiger partial charge < -0.3 is 0 Å². The number of thiocarbonyl (C=S) groups is 1. The molecule has 1 aliphatic heterocycles. The second-order valence-electron chi connectivity index (χ2n) is 4.85. The monoisotopic (exact) mass is 253 g/mol. The molecule has 0 bridgehead atoms. The van der Waals surface area contributed by atoms with E-state index in [0.717, 1.165) is 18.1 Å². The molecule has 0 radical (unpaired) electrons. The Morgan fingerprint density at radius 2 is 1.94 bits per heavy atom. The van der Waals surface area contributed by atoms with Gasteiger partial charge in [0, 0.05) is 24.9 Å². The number of hydrogen-bond donors (Lipinski definition) is 1. The van der Waals surface area contributed by atoms with Crippen molar-refractivity contribution in [3.8, 4) is 0 Å². The Bertz CT molecular complexity index is 308. The van der Waals surface area contributed by atoms with Crippen LogP contribution in [0.25, 0.3) is 0 Å². The molecule has 3 nitrogen and oxygen atoms in total. The maximum absolute atomic E-state index is 5.60. The van der Waals surface area contributed by atoms with Gasteiger partial charge in [-0.25, -0.2) is 0 Å². The molecule has 96 valence electrons. The van der Waals surface area contributed by atoms with Gasteiger partial charge in [0.15, 0.2) is 0 Å². The van der Waals surface area contributed by atoms with E-state index >= 15 is 0 Å². The summed E-state index contributed by atoms with van der Waals surface area (Å²) in [5.41, 5.74) is 4.70. The van der Waals surface area contributed by atoms with Gasteiger partial charge in [0.25, 0.3) is 0 Å². The van der Waals surface area contributed by atoms with Crippen LogP contribution in [0.4, 0.5) is 0 Å². The molecule has 0 aromatic carbocycles. The molecule has 17 heavy (non-hydrogen) atoms. The molecule has 1 fully saturated rings. The molecule has 0 saturated heterocycles. The largest absolute Gasteiger partial charge is 0.298 e. The Labute approximate surface area is 110 Å². The Morgan fingerprint density at radius 3 is 2.53 bits per heavy atom. The van der Waals surface area contributed by atoms with Crippen LogP contribution >= 0.6 is 12.2 Å². The van der Waals surface area contributed by atoms with Gasteiger partial charge >= 0.3 is 0 Å². The van der Waals surface area contributed by atoms with Crippen molar-refractivity contribution < 1.29 is 0 Å². The van der Waals surface area contributed by atoms with Gasteiger partial charge in [-0.3, -0.25) is 10.0 Å². The van der Waals surface area contributed by atoms with E-state index < -0.39 is 0 Å². The third-order valence-corrected chi connectivity index (χ3v) is 4.19. The van der Waals surface area contributed by atoms with Crippen molar-refractivity contribution in [2.24, 2.45) is 5.92 Å². The van der Waals surface area contributed by atoms with Crippen LogP contribution in [0.1, 0.15) is 46.0 Å². The molecular formula is C13H23N3S. The molecular weight excluding hydrogens is 230 g/mol. The molecule has 2 aliphatic rings. The average Bonchev–Trinajstić information content (AvgIpc) is 2.40. The molecule has 2 rings (SSSR count). The van der Waals surface area contributed by atoms with Crippen molar-refractivity contribution in [1.29, 1.82) is 0 Å². The highest BCUT2D eigenvalue weighted by Gasteiger charge is 2.27. The van der Waals surface area contributed by atoms with E-state index in [-0.39, 0.29) is 0 Å². The second-order valence-corrected chi connectivity index (χ2v) is 5.24. The van der Waals surface area contributed by atoms with Gasteiger partial charge in [-0.05, 0) is 32.6 Å². The first-order valence-corrected chi connectivity index (χ1v) is 7.23. The molecule has 0 aromatic rings. The minimum Gasteiger partial charge on any atom is -0.298 e. The van der Waals surface area contributed by atoms with Crippen LogP contribution in [-0.2, 0) is 0 Å². The van der Waals surface area contributed by atoms with Gasteiger partial charge in [0.2, 0.25) is 0 Å². The molecule has 4 heteroatoms. The van der Waals surface area contributed by atoms with Crippen molar-refractivity contribution in [3.63, 3.8) is 0 Å². The van der Waals surface area contributed by atoms with Gasteiger partial charge in [-0.1, -0.05) is 31.5 Å². The summed E-state index contributed by atoms with van der Waals surface area (Å²) < 4.78 is 0. The molecule has 1 heterocycles. The standard InChI is InChI=1S/C13H23N3S/c1-3-15-10-12(11-8-6-5-7-9-11)13(17)16(4-2)14-15/h10-11,14H,3-9H2,1-2H3. The second kappa shape index (κ2) is 5.83. The van der Waals surface area contributed by atoms with E-state index in [1.165, 1.54) is 37.7 Å². The fourth-order valence-corrected chi connectivity index (χ4v) is 3.07. The van der Waals surface area contributed by atoms with Gasteiger partial charge in [0.05, 0.1) is 0 Å². The topological polar surface area (TPSA) is 18.5 Å². The minimum absolute atomic E-state index is 0.682. The quantitative estimate of drug-likeness (QED) is 0.779. The third kappa shape index (κ3) is 2.80. The van der Waals surface area contributed by atoms with Crippen LogP contribution in [-0.4, -0.2) is 28.1 Å². The maximum atomic E-state index is 5.60. The highest BCUT2D eigenvalue weighted by Crippen LogP contribution is 2.32. The molecule has 0 aromatic heterocycles. The third-order valence-electron chi connectivity index (χ3n) is 3.74. The number of rotatable bonds is 3. The van der Waals surface area contributed by atoms with E-state index in [4.69, 9.17) is 12.2 Å². The van der Waals surface area contributed by atoms with Crippen LogP contribution in [0.15, 0.2) is 11.8 Å². The summed E-state index contributed by atoms with van der Waals surface area (Å²) in [4.78, 5) is 1.00. The van der Waals surface area contributed by atoms with E-state index in [1.807, 2.05) is 0 Å². The molecule has 0 spiro atoms. The summed E-state index contributed by atoms with van der Waals surface area (Å²) in [6.45, 7) is 6.18. The van der Waals surface area contributed by atoms with Crippen LogP contribution in [0.2, 0.25) is 0 Å². The highest BCUT2D eigenvalue weighted by atomic mass is 32.1. The zero-order chi connectivity index (χ0) is 12.3. The zero-order valence-corrected chi connectivity index (χ0v) is 11.7. The summed E-state index contributed by atoms with van der Waals surface area (Å²) in [6, 6.07) is 0. The molecule has 0 atom stereocenters. The Balaban J connectivity index is 2.16. The lowest BCUT2D eigenvalue weighted by Gasteiger charge is -2.39. The number of nitrogens with one attached hydrogen (secondary N) is 1. The van der Waals surface area contributed by atoms with Crippen molar-refractivity contribution in [1.82, 2.24) is 15.6 Å². The summed E-state index contributed by atoms with van der Waals surface area (Å²) in [6.07, 6.45) is 8.95. The summed E-state index contributed by atoms with van der Waals surface area (Å²) >= 11 is 5.60.